The van der Waals surface area contributed by atoms with E-state index in [9.17, 15) is 0 Å². The number of fused-ring (bicyclic) bond motifs is 1. The van der Waals surface area contributed by atoms with Gasteiger partial charge in [0.05, 0.1) is 11.6 Å². The van der Waals surface area contributed by atoms with Gasteiger partial charge in [-0.2, -0.15) is 5.10 Å². The van der Waals surface area contributed by atoms with Gasteiger partial charge in [0.15, 0.2) is 5.65 Å². The highest BCUT2D eigenvalue weighted by Crippen LogP contribution is 2.30. The quantitative estimate of drug-likeness (QED) is 0.902. The molecule has 2 fully saturated rings. The van der Waals surface area contributed by atoms with Gasteiger partial charge in [-0.1, -0.05) is 0 Å². The molecule has 0 aliphatic carbocycles. The Bertz CT molecular complexity index is 622. The van der Waals surface area contributed by atoms with Gasteiger partial charge in [-0.3, -0.25) is 4.68 Å². The summed E-state index contributed by atoms with van der Waals surface area (Å²) in [7, 11) is 1.93. The van der Waals surface area contributed by atoms with Crippen molar-refractivity contribution >= 4 is 16.9 Å². The molecule has 0 saturated carbocycles. The first kappa shape index (κ1) is 13.0. The molecule has 0 aromatic carbocycles. The number of rotatable bonds is 2. The first-order chi connectivity index (χ1) is 10.3. The largest absolute Gasteiger partial charge is 0.356 e. The smallest absolute Gasteiger partial charge is 0.163 e. The van der Waals surface area contributed by atoms with E-state index in [1.807, 2.05) is 17.9 Å². The molecule has 2 aromatic rings. The van der Waals surface area contributed by atoms with Crippen LogP contribution in [0.25, 0.3) is 11.0 Å². The van der Waals surface area contributed by atoms with E-state index in [4.69, 9.17) is 0 Å². The van der Waals surface area contributed by atoms with Crippen molar-refractivity contribution < 1.29 is 0 Å². The van der Waals surface area contributed by atoms with E-state index < -0.39 is 0 Å². The van der Waals surface area contributed by atoms with E-state index >= 15 is 0 Å². The molecule has 6 nitrogen and oxygen atoms in total. The molecule has 4 rings (SSSR count). The predicted octanol–water partition coefficient (Wildman–Crippen LogP) is 1.33. The van der Waals surface area contributed by atoms with E-state index in [0.29, 0.717) is 0 Å². The Morgan fingerprint density at radius 3 is 2.81 bits per heavy atom. The summed E-state index contributed by atoms with van der Waals surface area (Å²) in [6, 6.07) is 0.746. The predicted molar refractivity (Wildman–Crippen MR) is 82.3 cm³/mol. The molecule has 0 radical (unpaired) electrons. The van der Waals surface area contributed by atoms with Crippen LogP contribution in [-0.2, 0) is 7.05 Å². The van der Waals surface area contributed by atoms with Gasteiger partial charge in [0.1, 0.15) is 12.1 Å². The number of anilines is 1. The van der Waals surface area contributed by atoms with Crippen LogP contribution in [0.2, 0.25) is 0 Å². The SMILES string of the molecule is Cn1ncc2c(N3CCC(C4CCCN4)CC3)ncnc21. The lowest BCUT2D eigenvalue weighted by atomic mass is 9.88. The van der Waals surface area contributed by atoms with Crippen LogP contribution < -0.4 is 10.2 Å². The molecule has 2 aliphatic heterocycles. The van der Waals surface area contributed by atoms with Crippen molar-refractivity contribution in [3.8, 4) is 0 Å². The number of hydrogen-bond donors (Lipinski definition) is 1. The van der Waals surface area contributed by atoms with Crippen molar-refractivity contribution in [3.05, 3.63) is 12.5 Å². The van der Waals surface area contributed by atoms with E-state index in [1.165, 1.54) is 32.2 Å². The second-order valence-corrected chi connectivity index (χ2v) is 6.23. The number of nitrogens with zero attached hydrogens (tertiary/aromatic N) is 5. The maximum absolute atomic E-state index is 4.51. The van der Waals surface area contributed by atoms with Crippen LogP contribution >= 0.6 is 0 Å². The maximum atomic E-state index is 4.51. The lowest BCUT2D eigenvalue weighted by Gasteiger charge is -2.35. The molecule has 1 N–H and O–H groups in total. The Kier molecular flexibility index (Phi) is 3.25. The van der Waals surface area contributed by atoms with Crippen molar-refractivity contribution in [3.63, 3.8) is 0 Å². The van der Waals surface area contributed by atoms with Crippen molar-refractivity contribution in [1.82, 2.24) is 25.1 Å². The molecule has 2 saturated heterocycles. The monoisotopic (exact) mass is 286 g/mol. The van der Waals surface area contributed by atoms with Crippen LogP contribution in [0, 0.1) is 5.92 Å². The van der Waals surface area contributed by atoms with Gasteiger partial charge in [-0.25, -0.2) is 9.97 Å². The summed E-state index contributed by atoms with van der Waals surface area (Å²) in [5.74, 6) is 1.88. The van der Waals surface area contributed by atoms with Gasteiger partial charge in [0.25, 0.3) is 0 Å². The molecule has 6 heteroatoms. The minimum atomic E-state index is 0.746. The van der Waals surface area contributed by atoms with E-state index in [2.05, 4.69) is 25.3 Å². The molecule has 2 aliphatic rings. The minimum absolute atomic E-state index is 0.746. The fraction of sp³-hybridized carbons (Fsp3) is 0.667. The van der Waals surface area contributed by atoms with Gasteiger partial charge in [-0.15, -0.1) is 0 Å². The lowest BCUT2D eigenvalue weighted by Crippen LogP contribution is -2.41. The third kappa shape index (κ3) is 2.27. The Morgan fingerprint density at radius 1 is 1.19 bits per heavy atom. The molecule has 0 amide bonds. The number of hydrogen-bond acceptors (Lipinski definition) is 5. The van der Waals surface area contributed by atoms with Crippen molar-refractivity contribution in [2.45, 2.75) is 31.7 Å². The molecule has 4 heterocycles. The fourth-order valence-electron chi connectivity index (χ4n) is 3.83. The summed E-state index contributed by atoms with van der Waals surface area (Å²) < 4.78 is 1.82. The number of piperidine rings is 1. The zero-order chi connectivity index (χ0) is 14.2. The minimum Gasteiger partial charge on any atom is -0.356 e. The average Bonchev–Trinajstić information content (AvgIpc) is 3.18. The molecule has 1 atom stereocenters. The van der Waals surface area contributed by atoms with Crippen molar-refractivity contribution in [1.29, 1.82) is 0 Å². The van der Waals surface area contributed by atoms with Crippen LogP contribution in [0.5, 0.6) is 0 Å². The molecule has 2 aromatic heterocycles. The van der Waals surface area contributed by atoms with Crippen LogP contribution in [0.15, 0.2) is 12.5 Å². The summed E-state index contributed by atoms with van der Waals surface area (Å²) in [6.45, 7) is 3.38. The average molecular weight is 286 g/mol. The summed E-state index contributed by atoms with van der Waals surface area (Å²) in [5.41, 5.74) is 0.916. The highest BCUT2D eigenvalue weighted by molar-refractivity contribution is 5.86. The van der Waals surface area contributed by atoms with Crippen LogP contribution in [0.1, 0.15) is 25.7 Å². The molecule has 0 spiro atoms. The number of nitrogens with one attached hydrogen (secondary N) is 1. The summed E-state index contributed by atoms with van der Waals surface area (Å²) in [4.78, 5) is 11.2. The Balaban J connectivity index is 1.52. The molecular weight excluding hydrogens is 264 g/mol. The standard InChI is InChI=1S/C15H22N6/c1-20-14-12(9-19-20)15(18-10-17-14)21-7-4-11(5-8-21)13-3-2-6-16-13/h9-11,13,16H,2-8H2,1H3. The topological polar surface area (TPSA) is 58.9 Å². The molecular formula is C15H22N6. The first-order valence-corrected chi connectivity index (χ1v) is 7.94. The van der Waals surface area contributed by atoms with Crippen LogP contribution in [0.4, 0.5) is 5.82 Å². The summed E-state index contributed by atoms with van der Waals surface area (Å²) in [6.07, 6.45) is 8.74. The second-order valence-electron chi connectivity index (χ2n) is 6.23. The Morgan fingerprint density at radius 2 is 2.05 bits per heavy atom. The maximum Gasteiger partial charge on any atom is 0.163 e. The van der Waals surface area contributed by atoms with Crippen LogP contribution in [-0.4, -0.2) is 45.4 Å². The highest BCUT2D eigenvalue weighted by Gasteiger charge is 2.29. The Hall–Kier alpha value is -1.69. The van der Waals surface area contributed by atoms with Gasteiger partial charge in [-0.05, 0) is 38.1 Å². The molecule has 0 bridgehead atoms. The van der Waals surface area contributed by atoms with Crippen molar-refractivity contribution in [2.24, 2.45) is 13.0 Å². The zero-order valence-corrected chi connectivity index (χ0v) is 12.5. The fourth-order valence-corrected chi connectivity index (χ4v) is 3.83. The van der Waals surface area contributed by atoms with Gasteiger partial charge in [0, 0.05) is 26.2 Å². The molecule has 112 valence electrons. The molecule has 1 unspecified atom stereocenters. The van der Waals surface area contributed by atoms with Crippen molar-refractivity contribution in [2.75, 3.05) is 24.5 Å². The molecule has 21 heavy (non-hydrogen) atoms. The van der Waals surface area contributed by atoms with Gasteiger partial charge in [0.2, 0.25) is 0 Å². The third-order valence-corrected chi connectivity index (χ3v) is 5.02. The van der Waals surface area contributed by atoms with Gasteiger partial charge >= 0.3 is 0 Å². The lowest BCUT2D eigenvalue weighted by molar-refractivity contribution is 0.318. The highest BCUT2D eigenvalue weighted by atomic mass is 15.3. The normalized spacial score (nSPS) is 24.0. The number of aromatic nitrogens is 4. The van der Waals surface area contributed by atoms with E-state index in [1.54, 1.807) is 6.33 Å². The summed E-state index contributed by atoms with van der Waals surface area (Å²) >= 11 is 0. The third-order valence-electron chi connectivity index (χ3n) is 5.02. The Labute approximate surface area is 124 Å². The van der Waals surface area contributed by atoms with Gasteiger partial charge < -0.3 is 10.2 Å². The number of aryl methyl sites for hydroxylation is 1. The van der Waals surface area contributed by atoms with E-state index in [-0.39, 0.29) is 0 Å². The first-order valence-electron chi connectivity index (χ1n) is 7.94. The zero-order valence-electron chi connectivity index (χ0n) is 12.5. The van der Waals surface area contributed by atoms with E-state index in [0.717, 1.165) is 41.9 Å². The second kappa shape index (κ2) is 5.26. The summed E-state index contributed by atoms with van der Waals surface area (Å²) in [5, 5.41) is 9.03. The van der Waals surface area contributed by atoms with Crippen LogP contribution in [0.3, 0.4) is 0 Å².